The molecule has 1 heterocycles. The zero-order valence-corrected chi connectivity index (χ0v) is 27.6. The van der Waals surface area contributed by atoms with Crippen LogP contribution in [0, 0.1) is 0 Å². The van der Waals surface area contributed by atoms with E-state index in [4.69, 9.17) is 0 Å². The van der Waals surface area contributed by atoms with Gasteiger partial charge in [0.25, 0.3) is 0 Å². The van der Waals surface area contributed by atoms with Crippen LogP contribution in [0.25, 0.3) is 93.0 Å². The molecule has 230 valence electrons. The van der Waals surface area contributed by atoms with Crippen molar-refractivity contribution in [2.45, 2.75) is 33.1 Å². The molecule has 0 atom stereocenters. The van der Waals surface area contributed by atoms with E-state index in [1.807, 2.05) is 0 Å². The van der Waals surface area contributed by atoms with Gasteiger partial charge in [-0.1, -0.05) is 127 Å². The van der Waals surface area contributed by atoms with Crippen molar-refractivity contribution in [1.82, 2.24) is 0 Å². The van der Waals surface area contributed by atoms with Crippen LogP contribution in [0.15, 0.2) is 127 Å². The highest BCUT2D eigenvalue weighted by Gasteiger charge is 2.28. The van der Waals surface area contributed by atoms with Gasteiger partial charge in [0.05, 0.1) is 0 Å². The second-order valence-electron chi connectivity index (χ2n) is 14.0. The van der Waals surface area contributed by atoms with E-state index in [9.17, 15) is 0 Å². The molecule has 1 saturated heterocycles. The topological polar surface area (TPSA) is 3.24 Å². The average molecular weight is 616 g/mol. The zero-order valence-electron chi connectivity index (χ0n) is 27.6. The van der Waals surface area contributed by atoms with Crippen molar-refractivity contribution in [2.24, 2.45) is 0 Å². The number of nitrogens with zero attached hydrogens (tertiary/aromatic N) is 1. The van der Waals surface area contributed by atoms with E-state index in [-0.39, 0.29) is 0 Å². The highest BCUT2D eigenvalue weighted by molar-refractivity contribution is 6.47. The van der Waals surface area contributed by atoms with E-state index in [0.29, 0.717) is 0 Å². The van der Waals surface area contributed by atoms with Gasteiger partial charge in [0, 0.05) is 24.2 Å². The SMILES string of the molecule is CC(C)=Cc1ccc2c3c(-c4ccccc4)c4c5cccc6c(N7CCCCC7)ccc(c4c(-c4ccccc4)c3c3cccc1c23)c65. The quantitative estimate of drug-likeness (QED) is 0.190. The summed E-state index contributed by atoms with van der Waals surface area (Å²) in [6.07, 6.45) is 6.21. The lowest BCUT2D eigenvalue weighted by Crippen LogP contribution is -2.29. The molecule has 0 aromatic heterocycles. The Morgan fingerprint density at radius 3 is 1.48 bits per heavy atom. The fraction of sp³-hybridized carbons (Fsp3) is 0.149. The maximum Gasteiger partial charge on any atom is 0.0446 e. The predicted octanol–water partition coefficient (Wildman–Crippen LogP) is 13.2. The summed E-state index contributed by atoms with van der Waals surface area (Å²) < 4.78 is 0. The third kappa shape index (κ3) is 3.85. The molecule has 1 fully saturated rings. The lowest BCUT2D eigenvalue weighted by Gasteiger charge is -2.30. The van der Waals surface area contributed by atoms with Gasteiger partial charge in [-0.15, -0.1) is 0 Å². The number of benzene rings is 7. The van der Waals surface area contributed by atoms with E-state index >= 15 is 0 Å². The molecule has 0 saturated carbocycles. The second kappa shape index (κ2) is 10.6. The third-order valence-corrected chi connectivity index (χ3v) is 10.9. The van der Waals surface area contributed by atoms with Crippen molar-refractivity contribution in [3.63, 3.8) is 0 Å². The number of hydrogen-bond acceptors (Lipinski definition) is 1. The zero-order chi connectivity index (χ0) is 31.9. The first-order valence-electron chi connectivity index (χ1n) is 17.6. The Bertz CT molecular complexity index is 2590. The lowest BCUT2D eigenvalue weighted by atomic mass is 9.87. The molecular weight excluding hydrogens is 579 g/mol. The largest absolute Gasteiger partial charge is 0.371 e. The summed E-state index contributed by atoms with van der Waals surface area (Å²) in [7, 11) is 0. The highest BCUT2D eigenvalue weighted by Crippen LogP contribution is 2.56. The Kier molecular flexibility index (Phi) is 6.09. The summed E-state index contributed by atoms with van der Waals surface area (Å²) in [6.45, 7) is 6.66. The fourth-order valence-electron chi connectivity index (χ4n) is 9.12. The normalized spacial score (nSPS) is 14.0. The van der Waals surface area contributed by atoms with Crippen LogP contribution in [0.3, 0.4) is 0 Å². The lowest BCUT2D eigenvalue weighted by molar-refractivity contribution is 0.579. The summed E-state index contributed by atoms with van der Waals surface area (Å²) in [5.74, 6) is 0. The van der Waals surface area contributed by atoms with Gasteiger partial charge in [-0.3, -0.25) is 0 Å². The summed E-state index contributed by atoms with van der Waals surface area (Å²) in [5.41, 5.74) is 9.26. The van der Waals surface area contributed by atoms with Gasteiger partial charge in [0.1, 0.15) is 0 Å². The first kappa shape index (κ1) is 27.7. The van der Waals surface area contributed by atoms with Gasteiger partial charge in [0.2, 0.25) is 0 Å². The molecule has 0 aliphatic carbocycles. The van der Waals surface area contributed by atoms with Gasteiger partial charge >= 0.3 is 0 Å². The molecule has 0 unspecified atom stereocenters. The minimum Gasteiger partial charge on any atom is -0.371 e. The number of rotatable bonds is 4. The molecule has 0 amide bonds. The van der Waals surface area contributed by atoms with Crippen LogP contribution in [0.5, 0.6) is 0 Å². The Morgan fingerprint density at radius 1 is 0.438 bits per heavy atom. The first-order chi connectivity index (χ1) is 23.7. The van der Waals surface area contributed by atoms with Gasteiger partial charge in [-0.2, -0.15) is 0 Å². The number of allylic oxidation sites excluding steroid dienone is 1. The molecule has 1 nitrogen and oxygen atoms in total. The minimum atomic E-state index is 1.14. The van der Waals surface area contributed by atoms with Crippen LogP contribution < -0.4 is 4.90 Å². The van der Waals surface area contributed by atoms with Crippen LogP contribution in [0.4, 0.5) is 5.69 Å². The summed E-state index contributed by atoms with van der Waals surface area (Å²) in [6, 6.07) is 46.0. The van der Waals surface area contributed by atoms with Gasteiger partial charge in [0.15, 0.2) is 0 Å². The van der Waals surface area contributed by atoms with Gasteiger partial charge in [-0.25, -0.2) is 0 Å². The van der Waals surface area contributed by atoms with Crippen LogP contribution in [0.2, 0.25) is 0 Å². The fourth-order valence-corrected chi connectivity index (χ4v) is 9.12. The van der Waals surface area contributed by atoms with Crippen molar-refractivity contribution in [1.29, 1.82) is 0 Å². The Labute approximate surface area is 281 Å². The second-order valence-corrected chi connectivity index (χ2v) is 14.0. The Balaban J connectivity index is 1.50. The first-order valence-corrected chi connectivity index (χ1v) is 17.6. The number of fused-ring (bicyclic) bond motifs is 6. The van der Waals surface area contributed by atoms with E-state index in [1.165, 1.54) is 123 Å². The number of hydrogen-bond donors (Lipinski definition) is 0. The molecule has 9 aromatic rings. The number of anilines is 1. The molecule has 1 aliphatic heterocycles. The predicted molar refractivity (Wildman–Crippen MR) is 210 cm³/mol. The minimum absolute atomic E-state index is 1.14. The van der Waals surface area contributed by atoms with Crippen molar-refractivity contribution < 1.29 is 0 Å². The Hall–Kier alpha value is -5.40. The summed E-state index contributed by atoms with van der Waals surface area (Å²) in [5, 5.41) is 16.4. The van der Waals surface area contributed by atoms with Crippen LogP contribution >= 0.6 is 0 Å². The molecule has 48 heavy (non-hydrogen) atoms. The number of piperidine rings is 1. The standard InChI is InChI=1S/C47H37N/c1-29(2)28-32-22-23-37-42-33(32)18-12-20-35(42)44-40(30-14-6-3-7-15-30)47-38-24-25-39(48-26-10-5-11-27-48)34-19-13-21-36(43(34)38)45(47)41(46(37)44)31-16-8-4-9-17-31/h3-4,6-9,12-25,28H,5,10-11,26-27H2,1-2H3. The van der Waals surface area contributed by atoms with E-state index in [1.54, 1.807) is 0 Å². The van der Waals surface area contributed by atoms with E-state index in [2.05, 4.69) is 146 Å². The van der Waals surface area contributed by atoms with Crippen LogP contribution in [0.1, 0.15) is 38.7 Å². The maximum atomic E-state index is 2.63. The van der Waals surface area contributed by atoms with Crippen molar-refractivity contribution in [3.8, 4) is 22.3 Å². The average Bonchev–Trinajstić information content (AvgIpc) is 3.64. The van der Waals surface area contributed by atoms with Crippen molar-refractivity contribution >= 4 is 76.4 Å². The van der Waals surface area contributed by atoms with Crippen LogP contribution in [-0.4, -0.2) is 13.1 Å². The molecule has 0 N–H and O–H groups in total. The van der Waals surface area contributed by atoms with Crippen molar-refractivity contribution in [3.05, 3.63) is 132 Å². The van der Waals surface area contributed by atoms with Crippen LogP contribution in [-0.2, 0) is 0 Å². The van der Waals surface area contributed by atoms with E-state index < -0.39 is 0 Å². The summed E-state index contributed by atoms with van der Waals surface area (Å²) >= 11 is 0. The Morgan fingerprint density at radius 2 is 0.917 bits per heavy atom. The highest BCUT2D eigenvalue weighted by atomic mass is 15.1. The van der Waals surface area contributed by atoms with E-state index in [0.717, 1.165) is 13.1 Å². The summed E-state index contributed by atoms with van der Waals surface area (Å²) in [4.78, 5) is 2.63. The van der Waals surface area contributed by atoms with Gasteiger partial charge in [-0.05, 0) is 126 Å². The molecular formula is C47H37N. The molecule has 0 bridgehead atoms. The maximum absolute atomic E-state index is 2.63. The molecule has 1 heteroatoms. The van der Waals surface area contributed by atoms with Gasteiger partial charge < -0.3 is 4.90 Å². The third-order valence-electron chi connectivity index (χ3n) is 10.9. The molecule has 9 aromatic carbocycles. The molecule has 0 spiro atoms. The molecule has 10 rings (SSSR count). The molecule has 0 radical (unpaired) electrons. The molecule has 1 aliphatic rings. The van der Waals surface area contributed by atoms with Crippen molar-refractivity contribution in [2.75, 3.05) is 18.0 Å². The monoisotopic (exact) mass is 615 g/mol. The smallest absolute Gasteiger partial charge is 0.0446 e.